The van der Waals surface area contributed by atoms with Gasteiger partial charge in [-0.25, -0.2) is 0 Å². The standard InChI is InChI=1S/C19H25F6IN2O3/c1-9-4-14-6-10(14)7-15(5-9,8-14)11(16(30,17(20,21)22)18(23,24)25)31-12(29)13(2,3)19-26(27-19)28-19/h9-11,27-28,30H,4-8H2,1-3H3. The zero-order chi connectivity index (χ0) is 23.0. The number of halogens is 7. The van der Waals surface area contributed by atoms with E-state index in [9.17, 15) is 36.2 Å². The van der Waals surface area contributed by atoms with Gasteiger partial charge in [0.05, 0.1) is 0 Å². The van der Waals surface area contributed by atoms with Gasteiger partial charge in [0.25, 0.3) is 0 Å². The van der Waals surface area contributed by atoms with Gasteiger partial charge in [0.15, 0.2) is 0 Å². The molecule has 5 fully saturated rings. The van der Waals surface area contributed by atoms with E-state index in [4.69, 9.17) is 4.74 Å². The molecule has 2 heterocycles. The van der Waals surface area contributed by atoms with Crippen molar-refractivity contribution < 1.29 is 41.0 Å². The van der Waals surface area contributed by atoms with Crippen LogP contribution in [-0.4, -0.2) is 38.8 Å². The molecule has 3 N–H and O–H groups in total. The Balaban J connectivity index is 1.57. The minimum absolute atomic E-state index is 0.0175. The Labute approximate surface area is 183 Å². The van der Waals surface area contributed by atoms with Crippen LogP contribution in [0, 0.1) is 28.1 Å². The summed E-state index contributed by atoms with van der Waals surface area (Å²) in [5, 5.41) is 10.4. The first-order valence-electron chi connectivity index (χ1n) is 10.3. The molecular weight excluding hydrogens is 545 g/mol. The van der Waals surface area contributed by atoms with E-state index in [1.165, 1.54) is 13.8 Å². The first kappa shape index (κ1) is 22.5. The topological polar surface area (TPSA) is 90.4 Å². The molecule has 5 atom stereocenters. The van der Waals surface area contributed by atoms with Crippen molar-refractivity contribution in [3.63, 3.8) is 0 Å². The fraction of sp³-hybridized carbons (Fsp3) is 0.947. The maximum absolute atomic E-state index is 14.0. The van der Waals surface area contributed by atoms with Crippen molar-refractivity contribution >= 4 is 26.3 Å². The van der Waals surface area contributed by atoms with Crippen LogP contribution in [0.25, 0.3) is 0 Å². The van der Waals surface area contributed by atoms with Gasteiger partial charge in [-0.05, 0) is 0 Å². The van der Waals surface area contributed by atoms with E-state index in [1.54, 1.807) is 6.92 Å². The predicted molar refractivity (Wildman–Crippen MR) is 104 cm³/mol. The molecule has 1 spiro atoms. The first-order valence-corrected chi connectivity index (χ1v) is 13.5. The molecule has 5 unspecified atom stereocenters. The molecule has 2 aliphatic heterocycles. The molecule has 2 saturated heterocycles. The van der Waals surface area contributed by atoms with Crippen LogP contribution < -0.4 is 7.06 Å². The van der Waals surface area contributed by atoms with E-state index in [-0.39, 0.29) is 36.5 Å². The fourth-order valence-electron chi connectivity index (χ4n) is 6.65. The third-order valence-corrected chi connectivity index (χ3v) is 13.4. The van der Waals surface area contributed by atoms with Gasteiger partial charge in [0.1, 0.15) is 0 Å². The van der Waals surface area contributed by atoms with Crippen molar-refractivity contribution in [3.8, 4) is 0 Å². The zero-order valence-corrected chi connectivity index (χ0v) is 19.3. The molecule has 12 heteroatoms. The number of carbonyl (C=O) groups excluding carboxylic acids is 1. The van der Waals surface area contributed by atoms with E-state index in [1.807, 2.05) is 0 Å². The van der Waals surface area contributed by atoms with Gasteiger partial charge in [0.2, 0.25) is 0 Å². The molecular formula is C19H25F6IN2O3. The number of carbonyl (C=O) groups is 1. The van der Waals surface area contributed by atoms with Crippen molar-refractivity contribution in [1.29, 1.82) is 0 Å². The van der Waals surface area contributed by atoms with Crippen molar-refractivity contribution in [2.45, 2.75) is 80.6 Å². The Bertz CT molecular complexity index is 823. The van der Waals surface area contributed by atoms with E-state index in [0.29, 0.717) is 0 Å². The monoisotopic (exact) mass is 570 g/mol. The molecule has 0 aromatic carbocycles. The third-order valence-electron chi connectivity index (χ3n) is 8.28. The summed E-state index contributed by atoms with van der Waals surface area (Å²) in [6.45, 7) is 4.70. The molecule has 5 nitrogen and oxygen atoms in total. The van der Waals surface area contributed by atoms with Gasteiger partial charge in [-0.3, -0.25) is 0 Å². The Kier molecular flexibility index (Phi) is 4.22. The van der Waals surface area contributed by atoms with E-state index >= 15 is 0 Å². The van der Waals surface area contributed by atoms with Crippen LogP contribution in [0.4, 0.5) is 26.3 Å². The molecule has 5 rings (SSSR count). The van der Waals surface area contributed by atoms with Gasteiger partial charge < -0.3 is 0 Å². The van der Waals surface area contributed by atoms with Crippen molar-refractivity contribution in [2.75, 3.05) is 0 Å². The number of alkyl halides is 7. The Morgan fingerprint density at radius 2 is 1.61 bits per heavy atom. The third kappa shape index (κ3) is 2.76. The molecule has 0 amide bonds. The fourth-order valence-corrected chi connectivity index (χ4v) is 12.2. The Morgan fingerprint density at radius 3 is 2.10 bits per heavy atom. The maximum atomic E-state index is 14.0. The van der Waals surface area contributed by atoms with Gasteiger partial charge in [-0.1, -0.05) is 0 Å². The summed E-state index contributed by atoms with van der Waals surface area (Å²) >= 11 is -1.74. The van der Waals surface area contributed by atoms with Crippen molar-refractivity contribution in [1.82, 2.24) is 7.06 Å². The summed E-state index contributed by atoms with van der Waals surface area (Å²) in [6, 6.07) is 0. The van der Waals surface area contributed by atoms with Crippen molar-refractivity contribution in [2.24, 2.45) is 28.1 Å². The van der Waals surface area contributed by atoms with Gasteiger partial charge in [-0.2, -0.15) is 0 Å². The second kappa shape index (κ2) is 5.83. The number of rotatable bonds is 5. The molecule has 0 radical (unpaired) electrons. The number of nitrogens with one attached hydrogen (secondary N) is 2. The van der Waals surface area contributed by atoms with E-state index in [2.05, 4.69) is 7.06 Å². The second-order valence-electron chi connectivity index (χ2n) is 10.8. The van der Waals surface area contributed by atoms with Crippen LogP contribution in [0.2, 0.25) is 0 Å². The molecule has 31 heavy (non-hydrogen) atoms. The number of hydrogen-bond donors (Lipinski definition) is 3. The molecule has 178 valence electrons. The number of ether oxygens (including phenoxy) is 1. The van der Waals surface area contributed by atoms with Crippen LogP contribution in [0.15, 0.2) is 0 Å². The summed E-state index contributed by atoms with van der Waals surface area (Å²) in [6.07, 6.45) is -13.1. The SMILES string of the molecule is CC1CC23CC2CC(C(OC(=O)C(C)(C)C24NI2N4)C(O)(C(F)(F)F)C(F)(F)F)(C1)C3. The van der Waals surface area contributed by atoms with Crippen LogP contribution >= 0.6 is 20.4 Å². The van der Waals surface area contributed by atoms with Gasteiger partial charge in [-0.15, -0.1) is 0 Å². The van der Waals surface area contributed by atoms with E-state index in [0.717, 1.165) is 12.8 Å². The Morgan fingerprint density at radius 1 is 1.06 bits per heavy atom. The van der Waals surface area contributed by atoms with Crippen LogP contribution in [0.3, 0.4) is 0 Å². The van der Waals surface area contributed by atoms with Gasteiger partial charge in [0, 0.05) is 0 Å². The summed E-state index contributed by atoms with van der Waals surface area (Å²) in [5.41, 5.74) is -8.32. The molecule has 3 aliphatic carbocycles. The quantitative estimate of drug-likeness (QED) is 0.0878. The number of hydrogen-bond acceptors (Lipinski definition) is 5. The number of fused-ring (bicyclic) bond motifs is 2. The zero-order valence-electron chi connectivity index (χ0n) is 17.2. The van der Waals surface area contributed by atoms with Gasteiger partial charge >= 0.3 is 183 Å². The average molecular weight is 570 g/mol. The Hall–Kier alpha value is -0.340. The van der Waals surface area contributed by atoms with Crippen LogP contribution in [-0.2, 0) is 9.53 Å². The summed E-state index contributed by atoms with van der Waals surface area (Å²) in [4.78, 5) is 13.1. The summed E-state index contributed by atoms with van der Waals surface area (Å²) in [5.74, 6) is -1.25. The first-order chi connectivity index (χ1) is 13.9. The molecule has 5 aliphatic rings. The average Bonchev–Trinajstić information content (AvgIpc) is 3.48. The van der Waals surface area contributed by atoms with E-state index < -0.39 is 64.9 Å². The molecule has 3 saturated carbocycles. The van der Waals surface area contributed by atoms with Crippen LogP contribution in [0.5, 0.6) is 0 Å². The summed E-state index contributed by atoms with van der Waals surface area (Å²) in [7, 11) is 0. The number of esters is 1. The molecule has 2 bridgehead atoms. The number of aliphatic hydroxyl groups is 1. The van der Waals surface area contributed by atoms with Crippen LogP contribution in [0.1, 0.15) is 52.9 Å². The molecule has 0 aromatic rings. The molecule has 0 aromatic heterocycles. The summed E-state index contributed by atoms with van der Waals surface area (Å²) < 4.78 is 94.4. The minimum atomic E-state index is -6.05. The second-order valence-corrected chi connectivity index (χ2v) is 15.1. The van der Waals surface area contributed by atoms with Crippen molar-refractivity contribution in [3.05, 3.63) is 0 Å². The normalized spacial score (nSPS) is 40.0. The predicted octanol–water partition coefficient (Wildman–Crippen LogP) is 4.19.